The molecule has 21 heavy (non-hydrogen) atoms. The smallest absolute Gasteiger partial charge is 0.235 e. The lowest BCUT2D eigenvalue weighted by Gasteiger charge is -2.07. The van der Waals surface area contributed by atoms with Crippen LogP contribution >= 0.6 is 12.6 Å². The zero-order chi connectivity index (χ0) is 15.2. The average molecular weight is 311 g/mol. The van der Waals surface area contributed by atoms with Crippen molar-refractivity contribution in [2.24, 2.45) is 0 Å². The van der Waals surface area contributed by atoms with Crippen LogP contribution in [0.3, 0.4) is 0 Å². The topological polar surface area (TPSA) is 56.0 Å². The number of aryl methyl sites for hydroxylation is 1. The fourth-order valence-corrected chi connectivity index (χ4v) is 2.15. The summed E-state index contributed by atoms with van der Waals surface area (Å²) in [7, 11) is 0. The fraction of sp³-hybridized carbons (Fsp3) is 0.167. The second kappa shape index (κ2) is 4.69. The average Bonchev–Trinajstić information content (AvgIpc) is 2.79. The minimum absolute atomic E-state index is 0.229. The van der Waals surface area contributed by atoms with Gasteiger partial charge in [0.1, 0.15) is 5.69 Å². The van der Waals surface area contributed by atoms with Crippen LogP contribution in [-0.2, 0) is 6.18 Å². The van der Waals surface area contributed by atoms with Crippen LogP contribution in [0.25, 0.3) is 17.0 Å². The molecule has 0 saturated carbocycles. The Bertz CT molecular complexity index is 807. The summed E-state index contributed by atoms with van der Waals surface area (Å²) in [5, 5.41) is 3.81. The molecule has 0 N–H and O–H groups in total. The van der Waals surface area contributed by atoms with Crippen LogP contribution < -0.4 is 0 Å². The van der Waals surface area contributed by atoms with Crippen LogP contribution in [0, 0.1) is 6.92 Å². The minimum atomic E-state index is -4.52. The van der Waals surface area contributed by atoms with Gasteiger partial charge in [0.2, 0.25) is 0 Å². The summed E-state index contributed by atoms with van der Waals surface area (Å²) in [4.78, 5) is 12.1. The molecule has 5 nitrogen and oxygen atoms in total. The van der Waals surface area contributed by atoms with Gasteiger partial charge in [-0.1, -0.05) is 0 Å². The standard InChI is InChI=1S/C12H8F3N5S/c1-6-4-7(18-11(21)17-6)8-5-16-10-3-2-9(12(13,14)15)19-20(8)10/h2-5H,1H3,(H,17,18,21). The number of imidazole rings is 1. The minimum Gasteiger partial charge on any atom is -0.235 e. The van der Waals surface area contributed by atoms with Crippen LogP contribution in [0.2, 0.25) is 0 Å². The molecule has 0 spiro atoms. The number of thiol groups is 1. The fourth-order valence-electron chi connectivity index (χ4n) is 1.88. The van der Waals surface area contributed by atoms with Gasteiger partial charge in [-0.05, 0) is 25.1 Å². The van der Waals surface area contributed by atoms with Crippen LogP contribution in [0.15, 0.2) is 29.6 Å². The van der Waals surface area contributed by atoms with Crippen LogP contribution in [-0.4, -0.2) is 24.6 Å². The number of halogens is 3. The quantitative estimate of drug-likeness (QED) is 0.554. The molecule has 0 aliphatic carbocycles. The second-order valence-corrected chi connectivity index (χ2v) is 4.72. The Morgan fingerprint density at radius 1 is 1.19 bits per heavy atom. The van der Waals surface area contributed by atoms with Crippen molar-refractivity contribution in [3.63, 3.8) is 0 Å². The Hall–Kier alpha value is -2.16. The predicted octanol–water partition coefficient (Wildman–Crippen LogP) is 2.80. The van der Waals surface area contributed by atoms with E-state index >= 15 is 0 Å². The summed E-state index contributed by atoms with van der Waals surface area (Å²) in [5.41, 5.74) is 0.705. The van der Waals surface area contributed by atoms with Crippen molar-refractivity contribution in [2.75, 3.05) is 0 Å². The number of nitrogens with zero attached hydrogens (tertiary/aromatic N) is 5. The van der Waals surface area contributed by atoms with Gasteiger partial charge in [0, 0.05) is 5.69 Å². The summed E-state index contributed by atoms with van der Waals surface area (Å²) < 4.78 is 39.4. The third-order valence-corrected chi connectivity index (χ3v) is 2.96. The molecule has 0 saturated heterocycles. The molecule has 0 amide bonds. The molecular weight excluding hydrogens is 303 g/mol. The number of alkyl halides is 3. The van der Waals surface area contributed by atoms with E-state index in [1.54, 1.807) is 13.0 Å². The first-order valence-corrected chi connectivity index (χ1v) is 6.26. The molecule has 3 aromatic heterocycles. The third kappa shape index (κ3) is 2.56. The van der Waals surface area contributed by atoms with Crippen molar-refractivity contribution in [2.45, 2.75) is 18.3 Å². The van der Waals surface area contributed by atoms with Gasteiger partial charge in [0.15, 0.2) is 16.5 Å². The van der Waals surface area contributed by atoms with Crippen molar-refractivity contribution < 1.29 is 13.2 Å². The highest BCUT2D eigenvalue weighted by Crippen LogP contribution is 2.28. The monoisotopic (exact) mass is 311 g/mol. The Balaban J connectivity index is 2.23. The molecule has 0 aliphatic rings. The molecule has 0 unspecified atom stereocenters. The molecular formula is C12H8F3N5S. The van der Waals surface area contributed by atoms with Gasteiger partial charge in [-0.25, -0.2) is 19.5 Å². The summed E-state index contributed by atoms with van der Waals surface area (Å²) >= 11 is 4.06. The number of fused-ring (bicyclic) bond motifs is 1. The highest BCUT2D eigenvalue weighted by molar-refractivity contribution is 7.80. The van der Waals surface area contributed by atoms with E-state index in [-0.39, 0.29) is 5.16 Å². The SMILES string of the molecule is Cc1cc(-c2cnc3ccc(C(F)(F)F)nn23)nc(S)n1. The largest absolute Gasteiger partial charge is 0.435 e. The first-order valence-electron chi connectivity index (χ1n) is 5.81. The maximum Gasteiger partial charge on any atom is 0.435 e. The van der Waals surface area contributed by atoms with E-state index < -0.39 is 11.9 Å². The van der Waals surface area contributed by atoms with E-state index in [1.165, 1.54) is 12.3 Å². The van der Waals surface area contributed by atoms with Crippen molar-refractivity contribution in [1.82, 2.24) is 24.6 Å². The summed E-state index contributed by atoms with van der Waals surface area (Å²) in [5.74, 6) is 0. The second-order valence-electron chi connectivity index (χ2n) is 4.32. The first kappa shape index (κ1) is 13.8. The molecule has 0 bridgehead atoms. The molecule has 0 atom stereocenters. The third-order valence-electron chi connectivity index (χ3n) is 2.76. The first-order chi connectivity index (χ1) is 9.84. The number of hydrogen-bond acceptors (Lipinski definition) is 5. The molecule has 0 aromatic carbocycles. The molecule has 3 heterocycles. The molecule has 108 valence electrons. The molecule has 3 aromatic rings. The molecule has 3 rings (SSSR count). The predicted molar refractivity (Wildman–Crippen MR) is 71.0 cm³/mol. The van der Waals surface area contributed by atoms with Gasteiger partial charge < -0.3 is 0 Å². The highest BCUT2D eigenvalue weighted by atomic mass is 32.1. The van der Waals surface area contributed by atoms with E-state index in [0.29, 0.717) is 22.7 Å². The molecule has 9 heteroatoms. The van der Waals surface area contributed by atoms with E-state index in [1.807, 2.05) is 0 Å². The van der Waals surface area contributed by atoms with E-state index in [4.69, 9.17) is 0 Å². The Kier molecular flexibility index (Phi) is 3.08. The lowest BCUT2D eigenvalue weighted by molar-refractivity contribution is -0.141. The molecule has 0 radical (unpaired) electrons. The van der Waals surface area contributed by atoms with Crippen molar-refractivity contribution >= 4 is 18.3 Å². The molecule has 0 aliphatic heterocycles. The number of rotatable bonds is 1. The maximum atomic E-state index is 12.8. The van der Waals surface area contributed by atoms with Crippen LogP contribution in [0.1, 0.15) is 11.4 Å². The van der Waals surface area contributed by atoms with Crippen LogP contribution in [0.5, 0.6) is 0 Å². The summed E-state index contributed by atoms with van der Waals surface area (Å²) in [6.45, 7) is 1.74. The lowest BCUT2D eigenvalue weighted by atomic mass is 10.3. The van der Waals surface area contributed by atoms with Gasteiger partial charge >= 0.3 is 6.18 Å². The Morgan fingerprint density at radius 3 is 2.62 bits per heavy atom. The zero-order valence-corrected chi connectivity index (χ0v) is 11.5. The van der Waals surface area contributed by atoms with Crippen molar-refractivity contribution in [3.8, 4) is 11.4 Å². The lowest BCUT2D eigenvalue weighted by Crippen LogP contribution is -2.11. The Morgan fingerprint density at radius 2 is 1.95 bits per heavy atom. The number of hydrogen-bond donors (Lipinski definition) is 1. The highest BCUT2D eigenvalue weighted by Gasteiger charge is 2.33. The normalized spacial score (nSPS) is 12.0. The number of aromatic nitrogens is 5. The maximum absolute atomic E-state index is 12.8. The van der Waals surface area contributed by atoms with Gasteiger partial charge in [0.05, 0.1) is 11.9 Å². The zero-order valence-electron chi connectivity index (χ0n) is 10.6. The van der Waals surface area contributed by atoms with Crippen molar-refractivity contribution in [1.29, 1.82) is 0 Å². The van der Waals surface area contributed by atoms with Gasteiger partial charge in [-0.2, -0.15) is 18.3 Å². The van der Waals surface area contributed by atoms with E-state index in [9.17, 15) is 13.2 Å². The van der Waals surface area contributed by atoms with Crippen molar-refractivity contribution in [3.05, 3.63) is 35.8 Å². The van der Waals surface area contributed by atoms with E-state index in [2.05, 4.69) is 32.7 Å². The summed E-state index contributed by atoms with van der Waals surface area (Å²) in [6, 6.07) is 3.78. The van der Waals surface area contributed by atoms with Crippen LogP contribution in [0.4, 0.5) is 13.2 Å². The summed E-state index contributed by atoms with van der Waals surface area (Å²) in [6.07, 6.45) is -3.11. The Labute approximate surface area is 122 Å². The van der Waals surface area contributed by atoms with Gasteiger partial charge in [-0.15, -0.1) is 12.6 Å². The molecule has 0 fully saturated rings. The van der Waals surface area contributed by atoms with Gasteiger partial charge in [-0.3, -0.25) is 0 Å². The van der Waals surface area contributed by atoms with E-state index in [0.717, 1.165) is 10.6 Å². The van der Waals surface area contributed by atoms with Gasteiger partial charge in [0.25, 0.3) is 0 Å².